The van der Waals surface area contributed by atoms with Crippen molar-refractivity contribution in [2.45, 2.75) is 114 Å². The summed E-state index contributed by atoms with van der Waals surface area (Å²) in [5.41, 5.74) is 1.72. The predicted molar refractivity (Wildman–Crippen MR) is 203 cm³/mol. The van der Waals surface area contributed by atoms with Gasteiger partial charge in [0, 0.05) is 58.8 Å². The molecule has 7 atom stereocenters. The third-order valence-electron chi connectivity index (χ3n) is 11.2. The first-order valence-electron chi connectivity index (χ1n) is 19.5. The first kappa shape index (κ1) is 40.5. The van der Waals surface area contributed by atoms with E-state index < -0.39 is 77.1 Å². The van der Waals surface area contributed by atoms with Gasteiger partial charge in [-0.2, -0.15) is 5.06 Å². The van der Waals surface area contributed by atoms with Crippen LogP contribution >= 0.6 is 0 Å². The summed E-state index contributed by atoms with van der Waals surface area (Å²) in [5.74, 6) is -3.10. The minimum absolute atomic E-state index is 0.0128. The molecule has 3 heterocycles. The fraction of sp³-hybridized carbons (Fsp3) is 0.548. The lowest BCUT2D eigenvalue weighted by molar-refractivity contribution is -0.217. The highest BCUT2D eigenvalue weighted by Gasteiger charge is 2.76. The normalized spacial score (nSPS) is 27.4. The highest BCUT2D eigenvalue weighted by atomic mass is 16.8. The van der Waals surface area contributed by atoms with Gasteiger partial charge in [-0.3, -0.25) is 28.8 Å². The van der Waals surface area contributed by atoms with Crippen molar-refractivity contribution in [1.82, 2.24) is 20.6 Å². The lowest BCUT2D eigenvalue weighted by Crippen LogP contribution is -2.69. The number of benzene rings is 2. The molecule has 306 valence electrons. The summed E-state index contributed by atoms with van der Waals surface area (Å²) >= 11 is 0. The summed E-state index contributed by atoms with van der Waals surface area (Å²) in [4.78, 5) is 74.0. The Labute approximate surface area is 331 Å². The van der Waals surface area contributed by atoms with Gasteiger partial charge in [0.1, 0.15) is 35.4 Å². The largest absolute Gasteiger partial charge is 0.460 e. The molecule has 0 radical (unpaired) electrons. The monoisotopic (exact) mass is 788 g/mol. The van der Waals surface area contributed by atoms with E-state index in [-0.39, 0.29) is 51.3 Å². The maximum Gasteiger partial charge on any atom is 0.327 e. The fourth-order valence-corrected chi connectivity index (χ4v) is 8.64. The molecular weight excluding hydrogens is 736 g/mol. The van der Waals surface area contributed by atoms with E-state index in [9.17, 15) is 29.1 Å². The second-order valence-electron chi connectivity index (χ2n) is 16.8. The van der Waals surface area contributed by atoms with Crippen LogP contribution in [-0.4, -0.2) is 120 Å². The molecule has 5 aliphatic rings. The van der Waals surface area contributed by atoms with Crippen LogP contribution in [0.4, 0.5) is 0 Å². The second-order valence-corrected chi connectivity index (χ2v) is 16.8. The Balaban J connectivity index is 1.08. The van der Waals surface area contributed by atoms with Crippen LogP contribution in [0.2, 0.25) is 0 Å². The van der Waals surface area contributed by atoms with Gasteiger partial charge in [0.05, 0.1) is 19.2 Å². The van der Waals surface area contributed by atoms with Crippen molar-refractivity contribution in [3.63, 3.8) is 0 Å². The Bertz CT molecular complexity index is 1880. The van der Waals surface area contributed by atoms with Gasteiger partial charge in [-0.05, 0) is 55.5 Å². The van der Waals surface area contributed by atoms with E-state index in [1.165, 1.54) is 16.0 Å². The van der Waals surface area contributed by atoms with Gasteiger partial charge in [0.25, 0.3) is 0 Å². The van der Waals surface area contributed by atoms with Gasteiger partial charge in [-0.15, -0.1) is 0 Å². The van der Waals surface area contributed by atoms with Crippen molar-refractivity contribution in [3.8, 4) is 0 Å². The average Bonchev–Trinajstić information content (AvgIpc) is 3.83. The average molecular weight is 789 g/mol. The van der Waals surface area contributed by atoms with E-state index in [1.807, 2.05) is 48.5 Å². The molecule has 1 spiro atoms. The zero-order chi connectivity index (χ0) is 40.7. The first-order chi connectivity index (χ1) is 27.1. The number of aliphatic hydroxyl groups excluding tert-OH is 1. The second kappa shape index (κ2) is 15.9. The molecule has 2 aromatic carbocycles. The molecule has 3 saturated heterocycles. The van der Waals surface area contributed by atoms with E-state index in [2.05, 4.69) is 10.6 Å². The van der Waals surface area contributed by atoms with Crippen molar-refractivity contribution in [2.24, 2.45) is 5.41 Å². The number of amides is 3. The van der Waals surface area contributed by atoms with E-state index >= 15 is 0 Å². The molecule has 57 heavy (non-hydrogen) atoms. The molecule has 1 saturated carbocycles. The number of hydroxylamine groups is 2. The Hall–Kier alpha value is -4.67. The minimum Gasteiger partial charge on any atom is -0.460 e. The zero-order valence-electron chi connectivity index (χ0n) is 33.0. The standard InChI is InChI=1S/C42H52N4O11/c1-40(2,3)54-33(50)17-15-29(24-47)44-31(48)18-19-43-39(52)42-22-30-34-35(56-41(55-34)20-27-8-6-7-9-28(27)21-41)37(42)57-46(36(42)38(51)53-30)23-26-12-10-25(11-13-26)14-16-32(49)45(4)5/h6-14,16,29-30,34-37,47H,15,17-24H2,1-5H3,(H,43,52)(H,44,48)/t29-,30-,34-,35-,36-,37+,42-/m0/s1. The first-order valence-corrected chi connectivity index (χ1v) is 19.5. The molecule has 2 aromatic rings. The fourth-order valence-electron chi connectivity index (χ4n) is 8.64. The molecule has 2 bridgehead atoms. The van der Waals surface area contributed by atoms with E-state index in [0.717, 1.165) is 22.3 Å². The number of rotatable bonds is 13. The highest BCUT2D eigenvalue weighted by Crippen LogP contribution is 2.58. The summed E-state index contributed by atoms with van der Waals surface area (Å²) in [6, 6.07) is 13.6. The van der Waals surface area contributed by atoms with Crippen LogP contribution < -0.4 is 10.6 Å². The Kier molecular flexibility index (Phi) is 11.3. The van der Waals surface area contributed by atoms with Crippen LogP contribution in [-0.2, 0) is 67.1 Å². The molecule has 3 amide bonds. The van der Waals surface area contributed by atoms with Gasteiger partial charge in [-0.25, -0.2) is 0 Å². The van der Waals surface area contributed by atoms with Gasteiger partial charge in [0.2, 0.25) is 17.7 Å². The molecule has 15 heteroatoms. The molecule has 4 fully saturated rings. The van der Waals surface area contributed by atoms with E-state index in [0.29, 0.717) is 12.8 Å². The number of hydrogen-bond acceptors (Lipinski definition) is 12. The topological polar surface area (TPSA) is 182 Å². The number of esters is 2. The van der Waals surface area contributed by atoms with E-state index in [1.54, 1.807) is 40.9 Å². The summed E-state index contributed by atoms with van der Waals surface area (Å²) in [7, 11) is 3.35. The molecule has 3 aliphatic heterocycles. The van der Waals surface area contributed by atoms with Crippen LogP contribution in [0.5, 0.6) is 0 Å². The molecule has 2 aliphatic carbocycles. The van der Waals surface area contributed by atoms with Gasteiger partial charge in [0.15, 0.2) is 11.8 Å². The number of aliphatic hydroxyl groups is 1. The smallest absolute Gasteiger partial charge is 0.327 e. The zero-order valence-corrected chi connectivity index (χ0v) is 33.0. The highest BCUT2D eigenvalue weighted by molar-refractivity contribution is 5.94. The van der Waals surface area contributed by atoms with Crippen molar-refractivity contribution in [2.75, 3.05) is 27.2 Å². The number of nitrogens with zero attached hydrogens (tertiary/aromatic N) is 2. The summed E-state index contributed by atoms with van der Waals surface area (Å²) < 4.78 is 24.9. The minimum atomic E-state index is -1.44. The number of nitrogens with one attached hydrogen (secondary N) is 2. The van der Waals surface area contributed by atoms with Crippen LogP contribution in [0.1, 0.15) is 68.7 Å². The van der Waals surface area contributed by atoms with Gasteiger partial charge < -0.3 is 39.6 Å². The van der Waals surface area contributed by atoms with Crippen LogP contribution in [0.3, 0.4) is 0 Å². The summed E-state index contributed by atoms with van der Waals surface area (Å²) in [6.45, 7) is 4.98. The Morgan fingerprint density at radius 2 is 1.70 bits per heavy atom. The van der Waals surface area contributed by atoms with Gasteiger partial charge in [-0.1, -0.05) is 48.5 Å². The number of fused-ring (bicyclic) bond motifs is 5. The maximum absolute atomic E-state index is 14.6. The van der Waals surface area contributed by atoms with Crippen LogP contribution in [0, 0.1) is 5.41 Å². The lowest BCUT2D eigenvalue weighted by atomic mass is 9.62. The van der Waals surface area contributed by atoms with Crippen molar-refractivity contribution in [1.29, 1.82) is 0 Å². The molecule has 0 aromatic heterocycles. The van der Waals surface area contributed by atoms with Crippen molar-refractivity contribution >= 4 is 35.7 Å². The predicted octanol–water partition coefficient (Wildman–Crippen LogP) is 1.97. The third-order valence-corrected chi connectivity index (χ3v) is 11.2. The van der Waals surface area contributed by atoms with Crippen molar-refractivity contribution < 1.29 is 52.9 Å². The number of hydrogen-bond donors (Lipinski definition) is 3. The van der Waals surface area contributed by atoms with E-state index in [4.69, 9.17) is 23.8 Å². The maximum atomic E-state index is 14.6. The SMILES string of the molecule is CN(C)C(=O)C=Cc1ccc(CN2O[C@@H]3[C@H]4OC5(Cc6ccccc6C5)O[C@H]4[C@@H]4C[C@]3(C(=O)NCCC(=O)N[C@H](CO)CCC(=O)OC(C)(C)C)[C@@H]2C(=O)O4)cc1. The summed E-state index contributed by atoms with van der Waals surface area (Å²) in [5, 5.41) is 17.0. The molecule has 15 nitrogen and oxygen atoms in total. The number of carbonyl (C=O) groups excluding carboxylic acids is 5. The Morgan fingerprint density at radius 1 is 1.02 bits per heavy atom. The van der Waals surface area contributed by atoms with Gasteiger partial charge >= 0.3 is 11.9 Å². The summed E-state index contributed by atoms with van der Waals surface area (Å²) in [6.07, 6.45) is 1.28. The molecule has 3 N–H and O–H groups in total. The third kappa shape index (κ3) is 8.35. The lowest BCUT2D eigenvalue weighted by Gasteiger charge is -2.48. The van der Waals surface area contributed by atoms with Crippen LogP contribution in [0.15, 0.2) is 54.6 Å². The van der Waals surface area contributed by atoms with Crippen LogP contribution in [0.25, 0.3) is 6.08 Å². The molecular formula is C42H52N4O11. The Morgan fingerprint density at radius 3 is 2.35 bits per heavy atom. The molecule has 7 rings (SSSR count). The number of likely N-dealkylation sites (N-methyl/N-ethyl adjacent to an activating group) is 1. The number of ether oxygens (including phenoxy) is 4. The number of carbonyl (C=O) groups is 5. The van der Waals surface area contributed by atoms with Crippen molar-refractivity contribution in [3.05, 3.63) is 76.9 Å². The quantitative estimate of drug-likeness (QED) is 0.199. The molecule has 0 unspecified atom stereocenters.